The van der Waals surface area contributed by atoms with Crippen LogP contribution in [0.15, 0.2) is 18.3 Å². The number of thiophene rings is 1. The molecule has 8 nitrogen and oxygen atoms in total. The minimum absolute atomic E-state index is 0.0249. The highest BCUT2D eigenvalue weighted by Gasteiger charge is 2.53. The summed E-state index contributed by atoms with van der Waals surface area (Å²) in [6, 6.07) is 2.29. The minimum Gasteiger partial charge on any atom is -0.366 e. The molecule has 10 heteroatoms. The van der Waals surface area contributed by atoms with Crippen molar-refractivity contribution >= 4 is 40.5 Å². The Hall–Kier alpha value is -2.36. The summed E-state index contributed by atoms with van der Waals surface area (Å²) in [5.74, 6) is 0.0739. The number of hydrogen-bond donors (Lipinski definition) is 1. The van der Waals surface area contributed by atoms with Crippen molar-refractivity contribution in [3.63, 3.8) is 0 Å². The molecule has 0 bridgehead atoms. The summed E-state index contributed by atoms with van der Waals surface area (Å²) < 4.78 is 5.53. The van der Waals surface area contributed by atoms with Crippen molar-refractivity contribution in [1.29, 1.82) is 0 Å². The van der Waals surface area contributed by atoms with Crippen molar-refractivity contribution in [2.45, 2.75) is 63.1 Å². The number of alkyl halides is 1. The zero-order valence-electron chi connectivity index (χ0n) is 19.1. The molecular formula is C24H27ClN4O4S. The number of hydrogen-bond acceptors (Lipinski definition) is 7. The molecule has 0 spiro atoms. The second-order valence-electron chi connectivity index (χ2n) is 9.27. The third kappa shape index (κ3) is 4.25. The molecule has 34 heavy (non-hydrogen) atoms. The van der Waals surface area contributed by atoms with Gasteiger partial charge in [-0.2, -0.15) is 0 Å². The summed E-state index contributed by atoms with van der Waals surface area (Å²) in [4.78, 5) is 51.0. The standard InChI is InChI=1S/C24H27ClN4O4S/c1-12-15(9-26-13(2)27-12)18-7-8-19(34-18)23(31)28-20(14-5-3-4-6-14)24(32)29-10-16(25)22-21(29)17(30)11-33-22/h7-9,14,16,20-22H,3-6,10-11H2,1-2H3,(H,28,31)/t16-,20-,21+,22+/m0/s1. The fourth-order valence-electron chi connectivity index (χ4n) is 5.32. The summed E-state index contributed by atoms with van der Waals surface area (Å²) >= 11 is 7.75. The molecule has 4 heterocycles. The summed E-state index contributed by atoms with van der Waals surface area (Å²) in [6.45, 7) is 3.98. The fraction of sp³-hybridized carbons (Fsp3) is 0.542. The van der Waals surface area contributed by atoms with Gasteiger partial charge in [0.15, 0.2) is 5.78 Å². The van der Waals surface area contributed by atoms with Gasteiger partial charge in [0.05, 0.1) is 10.3 Å². The lowest BCUT2D eigenvalue weighted by atomic mass is 9.96. The monoisotopic (exact) mass is 502 g/mol. The topological polar surface area (TPSA) is 101 Å². The van der Waals surface area contributed by atoms with Crippen LogP contribution in [-0.2, 0) is 14.3 Å². The van der Waals surface area contributed by atoms with Crippen molar-refractivity contribution in [2.24, 2.45) is 5.92 Å². The Morgan fingerprint density at radius 3 is 2.76 bits per heavy atom. The maximum absolute atomic E-state index is 13.7. The van der Waals surface area contributed by atoms with Gasteiger partial charge in [-0.3, -0.25) is 14.4 Å². The van der Waals surface area contributed by atoms with E-state index in [1.165, 1.54) is 16.2 Å². The average molecular weight is 503 g/mol. The summed E-state index contributed by atoms with van der Waals surface area (Å²) in [5.41, 5.74) is 1.73. The second kappa shape index (κ2) is 9.36. The van der Waals surface area contributed by atoms with E-state index < -0.39 is 23.6 Å². The molecule has 0 radical (unpaired) electrons. The Morgan fingerprint density at radius 1 is 1.26 bits per heavy atom. The first-order chi connectivity index (χ1) is 16.3. The highest BCUT2D eigenvalue weighted by atomic mass is 35.5. The van der Waals surface area contributed by atoms with E-state index in [-0.39, 0.29) is 36.7 Å². The molecule has 5 rings (SSSR count). The first-order valence-corrected chi connectivity index (χ1v) is 12.9. The van der Waals surface area contributed by atoms with Gasteiger partial charge in [-0.25, -0.2) is 9.97 Å². The van der Waals surface area contributed by atoms with Gasteiger partial charge in [0.2, 0.25) is 5.91 Å². The zero-order valence-corrected chi connectivity index (χ0v) is 20.7. The smallest absolute Gasteiger partial charge is 0.262 e. The number of amides is 2. The lowest BCUT2D eigenvalue weighted by Gasteiger charge is -2.30. The van der Waals surface area contributed by atoms with Crippen molar-refractivity contribution in [2.75, 3.05) is 13.2 Å². The molecule has 2 aliphatic heterocycles. The molecule has 4 atom stereocenters. The lowest BCUT2D eigenvalue weighted by Crippen LogP contribution is -2.54. The second-order valence-corrected chi connectivity index (χ2v) is 10.9. The number of fused-ring (bicyclic) bond motifs is 1. The summed E-state index contributed by atoms with van der Waals surface area (Å²) in [5, 5.41) is 2.57. The Labute approximate surface area is 207 Å². The molecule has 3 fully saturated rings. The van der Waals surface area contributed by atoms with Crippen molar-refractivity contribution < 1.29 is 19.1 Å². The third-order valence-corrected chi connectivity index (χ3v) is 8.53. The highest BCUT2D eigenvalue weighted by Crippen LogP contribution is 2.35. The van der Waals surface area contributed by atoms with Gasteiger partial charge in [0.25, 0.3) is 5.91 Å². The number of nitrogens with zero attached hydrogens (tertiary/aromatic N) is 3. The number of nitrogens with one attached hydrogen (secondary N) is 1. The van der Waals surface area contributed by atoms with Crippen LogP contribution in [0.3, 0.4) is 0 Å². The predicted octanol–water partition coefficient (Wildman–Crippen LogP) is 2.90. The SMILES string of the molecule is Cc1ncc(-c2ccc(C(=O)N[C@H](C(=O)N3C[C@H](Cl)[C@H]4OCC(=O)[C@H]43)C3CCCC3)s2)c(C)n1. The molecule has 2 aromatic heterocycles. The minimum atomic E-state index is -0.694. The van der Waals surface area contributed by atoms with E-state index in [9.17, 15) is 14.4 Å². The molecule has 0 unspecified atom stereocenters. The van der Waals surface area contributed by atoms with Gasteiger partial charge in [-0.15, -0.1) is 22.9 Å². The summed E-state index contributed by atoms with van der Waals surface area (Å²) in [6.07, 6.45) is 5.06. The van der Waals surface area contributed by atoms with Gasteiger partial charge >= 0.3 is 0 Å². The number of likely N-dealkylation sites (tertiary alicyclic amines) is 1. The van der Waals surface area contributed by atoms with E-state index in [0.717, 1.165) is 41.8 Å². The summed E-state index contributed by atoms with van der Waals surface area (Å²) in [7, 11) is 0. The Bertz CT molecular complexity index is 1130. The number of halogens is 1. The van der Waals surface area contributed by atoms with E-state index >= 15 is 0 Å². The van der Waals surface area contributed by atoms with Crippen LogP contribution in [0.5, 0.6) is 0 Å². The molecule has 1 saturated carbocycles. The van der Waals surface area contributed by atoms with Crippen molar-refractivity contribution in [3.05, 3.63) is 34.7 Å². The molecular weight excluding hydrogens is 476 g/mol. The fourth-order valence-corrected chi connectivity index (χ4v) is 6.65. The largest absolute Gasteiger partial charge is 0.366 e. The van der Waals surface area contributed by atoms with Crippen LogP contribution in [0.25, 0.3) is 10.4 Å². The number of carbonyl (C=O) groups excluding carboxylic acids is 3. The van der Waals surface area contributed by atoms with E-state index in [1.54, 1.807) is 12.3 Å². The molecule has 2 amide bonds. The molecule has 2 aromatic rings. The van der Waals surface area contributed by atoms with E-state index in [0.29, 0.717) is 10.7 Å². The van der Waals surface area contributed by atoms with Gasteiger partial charge < -0.3 is 15.0 Å². The van der Waals surface area contributed by atoms with Gasteiger partial charge in [-0.1, -0.05) is 12.8 Å². The Balaban J connectivity index is 1.36. The molecule has 180 valence electrons. The van der Waals surface area contributed by atoms with Crippen LogP contribution in [0.2, 0.25) is 0 Å². The third-order valence-electron chi connectivity index (χ3n) is 7.02. The number of aromatic nitrogens is 2. The Morgan fingerprint density at radius 2 is 2.03 bits per heavy atom. The Kier molecular flexibility index (Phi) is 6.43. The van der Waals surface area contributed by atoms with Crippen LogP contribution in [0, 0.1) is 19.8 Å². The molecule has 0 aromatic carbocycles. The quantitative estimate of drug-likeness (QED) is 0.631. The molecule has 1 aliphatic carbocycles. The van der Waals surface area contributed by atoms with E-state index in [4.69, 9.17) is 16.3 Å². The van der Waals surface area contributed by atoms with Crippen LogP contribution in [0.1, 0.15) is 46.9 Å². The molecule has 2 saturated heterocycles. The first kappa shape index (κ1) is 23.4. The van der Waals surface area contributed by atoms with Crippen molar-refractivity contribution in [3.8, 4) is 10.4 Å². The van der Waals surface area contributed by atoms with Gasteiger partial charge in [0.1, 0.15) is 30.6 Å². The number of carbonyl (C=O) groups is 3. The maximum Gasteiger partial charge on any atom is 0.262 e. The van der Waals surface area contributed by atoms with Gasteiger partial charge in [0, 0.05) is 28.9 Å². The maximum atomic E-state index is 13.7. The molecule has 1 N–H and O–H groups in total. The highest BCUT2D eigenvalue weighted by molar-refractivity contribution is 7.17. The van der Waals surface area contributed by atoms with Crippen LogP contribution in [0.4, 0.5) is 0 Å². The van der Waals surface area contributed by atoms with E-state index in [2.05, 4.69) is 15.3 Å². The molecule has 3 aliphatic rings. The van der Waals surface area contributed by atoms with Crippen molar-refractivity contribution in [1.82, 2.24) is 20.2 Å². The van der Waals surface area contributed by atoms with Crippen LogP contribution < -0.4 is 5.32 Å². The normalized spacial score (nSPS) is 25.6. The number of Topliss-reactive ketones (excluding diaryl/α,β-unsaturated/α-hetero) is 1. The first-order valence-electron chi connectivity index (χ1n) is 11.6. The number of ether oxygens (including phenoxy) is 1. The zero-order chi connectivity index (χ0) is 24.0. The number of rotatable bonds is 5. The van der Waals surface area contributed by atoms with Crippen LogP contribution >= 0.6 is 22.9 Å². The van der Waals surface area contributed by atoms with E-state index in [1.807, 2.05) is 19.9 Å². The average Bonchev–Trinajstić information content (AvgIpc) is 3.59. The predicted molar refractivity (Wildman–Crippen MR) is 128 cm³/mol. The lowest BCUT2D eigenvalue weighted by molar-refractivity contribution is -0.139. The van der Waals surface area contributed by atoms with Crippen LogP contribution in [-0.4, -0.2) is 69.2 Å². The number of ketones is 1. The number of aryl methyl sites for hydroxylation is 2. The van der Waals surface area contributed by atoms with Gasteiger partial charge in [-0.05, 0) is 44.7 Å².